The number of carboxylic acid groups (broad SMARTS) is 2. The molecular formula is C21H26N2O6. The molecule has 0 heterocycles. The van der Waals surface area contributed by atoms with Gasteiger partial charge in [-0.3, -0.25) is 0 Å². The van der Waals surface area contributed by atoms with Crippen molar-refractivity contribution >= 4 is 28.7 Å². The highest BCUT2D eigenvalue weighted by Gasteiger charge is 2.27. The van der Waals surface area contributed by atoms with Gasteiger partial charge >= 0.3 is 18.0 Å². The molecule has 2 amide bonds. The number of hydrogen-bond acceptors (Lipinski definition) is 4. The monoisotopic (exact) mass is 402 g/mol. The zero-order valence-electron chi connectivity index (χ0n) is 16.4. The molecule has 29 heavy (non-hydrogen) atoms. The second-order valence-electron chi connectivity index (χ2n) is 7.38. The Bertz CT molecular complexity index is 882. The van der Waals surface area contributed by atoms with Crippen LogP contribution in [-0.2, 0) is 16.0 Å². The quantitative estimate of drug-likeness (QED) is 0.508. The standard InChI is InChI=1S/C21H26N2O6/c1-13(2)11-23(12-18(24)20(27)28)21(29)22-17(19(25)26)10-14-7-8-15-5-3-4-6-16(15)9-14/h3-9,13,17-18,24H,10-12H2,1-2H3,(H,22,29)(H,25,26)(H,27,28). The van der Waals surface area contributed by atoms with E-state index in [2.05, 4.69) is 5.32 Å². The number of hydrogen-bond donors (Lipinski definition) is 4. The maximum absolute atomic E-state index is 12.6. The van der Waals surface area contributed by atoms with Gasteiger partial charge < -0.3 is 25.5 Å². The Morgan fingerprint density at radius 3 is 2.21 bits per heavy atom. The summed E-state index contributed by atoms with van der Waals surface area (Å²) in [5.41, 5.74) is 0.748. The molecule has 156 valence electrons. The molecule has 8 nitrogen and oxygen atoms in total. The highest BCUT2D eigenvalue weighted by atomic mass is 16.4. The van der Waals surface area contributed by atoms with Gasteiger partial charge in [-0.2, -0.15) is 0 Å². The third-order valence-corrected chi connectivity index (χ3v) is 4.40. The number of benzene rings is 2. The van der Waals surface area contributed by atoms with E-state index >= 15 is 0 Å². The molecule has 4 N–H and O–H groups in total. The van der Waals surface area contributed by atoms with Crippen LogP contribution < -0.4 is 5.32 Å². The van der Waals surface area contributed by atoms with E-state index < -0.39 is 36.7 Å². The van der Waals surface area contributed by atoms with Crippen molar-refractivity contribution in [2.24, 2.45) is 5.92 Å². The molecule has 2 aromatic carbocycles. The van der Waals surface area contributed by atoms with E-state index in [1.807, 2.05) is 56.3 Å². The summed E-state index contributed by atoms with van der Waals surface area (Å²) in [6.07, 6.45) is -1.67. The number of fused-ring (bicyclic) bond motifs is 1. The Labute approximate surface area is 168 Å². The molecule has 2 aromatic rings. The predicted molar refractivity (Wildman–Crippen MR) is 108 cm³/mol. The van der Waals surface area contributed by atoms with E-state index in [0.29, 0.717) is 0 Å². The van der Waals surface area contributed by atoms with E-state index in [9.17, 15) is 24.6 Å². The minimum Gasteiger partial charge on any atom is -0.480 e. The fraction of sp³-hybridized carbons (Fsp3) is 0.381. The van der Waals surface area contributed by atoms with E-state index in [0.717, 1.165) is 21.2 Å². The largest absolute Gasteiger partial charge is 0.480 e. The van der Waals surface area contributed by atoms with Crippen LogP contribution in [0.4, 0.5) is 4.79 Å². The molecule has 0 radical (unpaired) electrons. The van der Waals surface area contributed by atoms with Crippen molar-refractivity contribution < 1.29 is 29.7 Å². The van der Waals surface area contributed by atoms with E-state index in [4.69, 9.17) is 5.11 Å². The zero-order chi connectivity index (χ0) is 21.6. The molecule has 0 bridgehead atoms. The summed E-state index contributed by atoms with van der Waals surface area (Å²) in [4.78, 5) is 36.3. The average molecular weight is 402 g/mol. The van der Waals surface area contributed by atoms with Gasteiger partial charge in [-0.1, -0.05) is 56.3 Å². The van der Waals surface area contributed by atoms with Crippen molar-refractivity contribution in [2.45, 2.75) is 32.4 Å². The lowest BCUT2D eigenvalue weighted by Crippen LogP contribution is -2.52. The van der Waals surface area contributed by atoms with Crippen molar-refractivity contribution in [1.82, 2.24) is 10.2 Å². The summed E-state index contributed by atoms with van der Waals surface area (Å²) < 4.78 is 0. The topological polar surface area (TPSA) is 127 Å². The van der Waals surface area contributed by atoms with Gasteiger partial charge in [0.2, 0.25) is 0 Å². The van der Waals surface area contributed by atoms with Crippen LogP contribution in [0.5, 0.6) is 0 Å². The number of amides is 2. The van der Waals surface area contributed by atoms with Crippen molar-refractivity contribution in [3.8, 4) is 0 Å². The highest BCUT2D eigenvalue weighted by Crippen LogP contribution is 2.17. The molecule has 2 rings (SSSR count). The first-order valence-corrected chi connectivity index (χ1v) is 9.34. The number of urea groups is 1. The summed E-state index contributed by atoms with van der Waals surface area (Å²) in [6, 6.07) is 11.3. The van der Waals surface area contributed by atoms with Gasteiger partial charge in [0, 0.05) is 13.0 Å². The molecule has 0 aliphatic heterocycles. The van der Waals surface area contributed by atoms with Crippen LogP contribution in [0.2, 0.25) is 0 Å². The van der Waals surface area contributed by atoms with Crippen molar-refractivity contribution in [1.29, 1.82) is 0 Å². The van der Waals surface area contributed by atoms with Gasteiger partial charge in [0.25, 0.3) is 0 Å². The molecule has 0 aliphatic rings. The van der Waals surface area contributed by atoms with Crippen LogP contribution in [0.1, 0.15) is 19.4 Å². The lowest BCUT2D eigenvalue weighted by atomic mass is 10.0. The Morgan fingerprint density at radius 1 is 0.966 bits per heavy atom. The number of aliphatic hydroxyl groups is 1. The molecule has 0 fully saturated rings. The summed E-state index contributed by atoms with van der Waals surface area (Å²) >= 11 is 0. The van der Waals surface area contributed by atoms with Crippen LogP contribution in [0, 0.1) is 5.92 Å². The van der Waals surface area contributed by atoms with E-state index in [1.165, 1.54) is 0 Å². The van der Waals surface area contributed by atoms with Gasteiger partial charge in [-0.15, -0.1) is 0 Å². The molecule has 0 aromatic heterocycles. The molecule has 0 saturated carbocycles. The molecule has 2 unspecified atom stereocenters. The van der Waals surface area contributed by atoms with Crippen LogP contribution in [-0.4, -0.2) is 63.4 Å². The second kappa shape index (κ2) is 9.88. The van der Waals surface area contributed by atoms with E-state index in [-0.39, 0.29) is 18.9 Å². The molecular weight excluding hydrogens is 376 g/mol. The average Bonchev–Trinajstić information content (AvgIpc) is 2.66. The van der Waals surface area contributed by atoms with Crippen molar-refractivity contribution in [2.75, 3.05) is 13.1 Å². The smallest absolute Gasteiger partial charge is 0.334 e. The van der Waals surface area contributed by atoms with Gasteiger partial charge in [0.1, 0.15) is 6.04 Å². The second-order valence-corrected chi connectivity index (χ2v) is 7.38. The third kappa shape index (κ3) is 6.46. The molecule has 2 atom stereocenters. The first kappa shape index (κ1) is 22.2. The Kier molecular flexibility index (Phi) is 7.55. The third-order valence-electron chi connectivity index (χ3n) is 4.40. The van der Waals surface area contributed by atoms with Crippen LogP contribution in [0.15, 0.2) is 42.5 Å². The fourth-order valence-corrected chi connectivity index (χ4v) is 3.01. The van der Waals surface area contributed by atoms with Crippen molar-refractivity contribution in [3.05, 3.63) is 48.0 Å². The molecule has 0 aliphatic carbocycles. The number of nitrogens with one attached hydrogen (secondary N) is 1. The summed E-state index contributed by atoms with van der Waals surface area (Å²) in [6.45, 7) is 3.41. The maximum atomic E-state index is 12.6. The summed E-state index contributed by atoms with van der Waals surface area (Å²) in [5.74, 6) is -2.64. The van der Waals surface area contributed by atoms with Crippen LogP contribution in [0.3, 0.4) is 0 Å². The van der Waals surface area contributed by atoms with Gasteiger partial charge in [0.05, 0.1) is 6.54 Å². The Balaban J connectivity index is 2.14. The number of aliphatic carboxylic acids is 2. The van der Waals surface area contributed by atoms with Crippen LogP contribution >= 0.6 is 0 Å². The molecule has 0 saturated heterocycles. The predicted octanol–water partition coefficient (Wildman–Crippen LogP) is 1.95. The number of rotatable bonds is 9. The van der Waals surface area contributed by atoms with Crippen molar-refractivity contribution in [3.63, 3.8) is 0 Å². The molecule has 8 heteroatoms. The fourth-order valence-electron chi connectivity index (χ4n) is 3.01. The number of carbonyl (C=O) groups is 3. The number of aliphatic hydroxyl groups excluding tert-OH is 1. The van der Waals surface area contributed by atoms with Gasteiger partial charge in [0.15, 0.2) is 6.10 Å². The lowest BCUT2D eigenvalue weighted by Gasteiger charge is -2.27. The Hall–Kier alpha value is -3.13. The minimum atomic E-state index is -1.75. The summed E-state index contributed by atoms with van der Waals surface area (Å²) in [5, 5.41) is 32.5. The van der Waals surface area contributed by atoms with E-state index in [1.54, 1.807) is 0 Å². The first-order valence-electron chi connectivity index (χ1n) is 9.34. The Morgan fingerprint density at radius 2 is 1.62 bits per heavy atom. The normalized spacial score (nSPS) is 13.1. The molecule has 0 spiro atoms. The zero-order valence-corrected chi connectivity index (χ0v) is 16.4. The minimum absolute atomic E-state index is 0.00510. The van der Waals surface area contributed by atoms with Gasteiger partial charge in [-0.05, 0) is 22.3 Å². The highest BCUT2D eigenvalue weighted by molar-refractivity contribution is 5.85. The number of carbonyl (C=O) groups excluding carboxylic acids is 1. The van der Waals surface area contributed by atoms with Gasteiger partial charge in [-0.25, -0.2) is 14.4 Å². The number of carboxylic acids is 2. The first-order chi connectivity index (χ1) is 13.7. The number of nitrogens with zero attached hydrogens (tertiary/aromatic N) is 1. The maximum Gasteiger partial charge on any atom is 0.334 e. The van der Waals surface area contributed by atoms with Crippen LogP contribution in [0.25, 0.3) is 10.8 Å². The SMILES string of the molecule is CC(C)CN(CC(O)C(=O)O)C(=O)NC(Cc1ccc2ccccc2c1)C(=O)O. The summed E-state index contributed by atoms with van der Waals surface area (Å²) in [7, 11) is 0. The lowest BCUT2D eigenvalue weighted by molar-refractivity contribution is -0.147.